The van der Waals surface area contributed by atoms with E-state index in [0.717, 1.165) is 27.6 Å². The second kappa shape index (κ2) is 8.22. The molecule has 0 fully saturated rings. The molecule has 0 aliphatic carbocycles. The quantitative estimate of drug-likeness (QED) is 0.329. The highest BCUT2D eigenvalue weighted by atomic mass is 32.1. The van der Waals surface area contributed by atoms with Crippen molar-refractivity contribution in [3.8, 4) is 12.3 Å². The standard InChI is InChI=1S/C25H18N6OS/c1-3-15-5-7-16(8-6-15)30-24-18-9-4-14(2)20(17(18)10-11-27-24)31-25(32)19-12-33-22-21(19)28-13-29-23(22)26/h1,4-13H,2H3,(H,27,30)(H,31,32)(H2,26,28,29). The normalized spacial score (nSPS) is 10.8. The van der Waals surface area contributed by atoms with Crippen molar-refractivity contribution in [1.82, 2.24) is 15.0 Å². The van der Waals surface area contributed by atoms with Gasteiger partial charge in [0, 0.05) is 33.6 Å². The molecule has 3 heterocycles. The molecule has 4 N–H and O–H groups in total. The zero-order valence-electron chi connectivity index (χ0n) is 17.6. The van der Waals surface area contributed by atoms with Gasteiger partial charge in [-0.15, -0.1) is 17.8 Å². The maximum atomic E-state index is 13.2. The zero-order chi connectivity index (χ0) is 22.9. The Morgan fingerprint density at radius 3 is 2.67 bits per heavy atom. The molecule has 1 amide bonds. The summed E-state index contributed by atoms with van der Waals surface area (Å²) in [5.41, 5.74) is 10.2. The molecule has 0 spiro atoms. The lowest BCUT2D eigenvalue weighted by Gasteiger charge is -2.14. The molecule has 33 heavy (non-hydrogen) atoms. The van der Waals surface area contributed by atoms with Crippen LogP contribution in [0, 0.1) is 19.3 Å². The van der Waals surface area contributed by atoms with Crippen molar-refractivity contribution >= 4 is 61.2 Å². The Morgan fingerprint density at radius 2 is 1.88 bits per heavy atom. The summed E-state index contributed by atoms with van der Waals surface area (Å²) in [6.07, 6.45) is 8.52. The molecular weight excluding hydrogens is 432 g/mol. The fourth-order valence-corrected chi connectivity index (χ4v) is 4.53. The van der Waals surface area contributed by atoms with Crippen molar-refractivity contribution in [3.05, 3.63) is 77.1 Å². The van der Waals surface area contributed by atoms with E-state index in [0.29, 0.717) is 33.1 Å². The van der Waals surface area contributed by atoms with E-state index in [1.807, 2.05) is 49.4 Å². The summed E-state index contributed by atoms with van der Waals surface area (Å²) in [5.74, 6) is 3.39. The van der Waals surface area contributed by atoms with Crippen LogP contribution in [0.3, 0.4) is 0 Å². The fourth-order valence-electron chi connectivity index (χ4n) is 3.63. The van der Waals surface area contributed by atoms with Gasteiger partial charge in [0.1, 0.15) is 18.0 Å². The summed E-state index contributed by atoms with van der Waals surface area (Å²) >= 11 is 1.35. The third-order valence-electron chi connectivity index (χ3n) is 5.33. The van der Waals surface area contributed by atoms with Crippen LogP contribution in [0.2, 0.25) is 0 Å². The number of carbonyl (C=O) groups excluding carboxylic acids is 1. The maximum Gasteiger partial charge on any atom is 0.258 e. The molecule has 0 radical (unpaired) electrons. The number of anilines is 4. The third kappa shape index (κ3) is 3.71. The summed E-state index contributed by atoms with van der Waals surface area (Å²) in [6, 6.07) is 13.4. The lowest BCUT2D eigenvalue weighted by atomic mass is 10.0. The van der Waals surface area contributed by atoms with E-state index in [-0.39, 0.29) is 5.91 Å². The monoisotopic (exact) mass is 450 g/mol. The molecule has 0 unspecified atom stereocenters. The molecule has 0 saturated heterocycles. The number of aromatic nitrogens is 3. The maximum absolute atomic E-state index is 13.2. The minimum absolute atomic E-state index is 0.258. The van der Waals surface area contributed by atoms with E-state index in [1.165, 1.54) is 17.7 Å². The van der Waals surface area contributed by atoms with Gasteiger partial charge in [-0.05, 0) is 42.8 Å². The van der Waals surface area contributed by atoms with Crippen molar-refractivity contribution in [2.24, 2.45) is 0 Å². The van der Waals surface area contributed by atoms with Gasteiger partial charge in [0.15, 0.2) is 0 Å². The molecule has 0 atom stereocenters. The Balaban J connectivity index is 1.52. The number of hydrogen-bond donors (Lipinski definition) is 3. The molecule has 7 nitrogen and oxygen atoms in total. The summed E-state index contributed by atoms with van der Waals surface area (Å²) in [6.45, 7) is 1.95. The molecule has 0 saturated carbocycles. The number of hydrogen-bond acceptors (Lipinski definition) is 7. The van der Waals surface area contributed by atoms with E-state index < -0.39 is 0 Å². The van der Waals surface area contributed by atoms with Crippen LogP contribution in [0.25, 0.3) is 21.0 Å². The van der Waals surface area contributed by atoms with E-state index in [4.69, 9.17) is 12.2 Å². The highest BCUT2D eigenvalue weighted by Gasteiger charge is 2.18. The molecule has 2 aromatic carbocycles. The van der Waals surface area contributed by atoms with Crippen LogP contribution >= 0.6 is 11.3 Å². The van der Waals surface area contributed by atoms with E-state index >= 15 is 0 Å². The number of thiophene rings is 1. The second-order valence-corrected chi connectivity index (χ2v) is 8.28. The molecule has 8 heteroatoms. The average molecular weight is 451 g/mol. The first-order chi connectivity index (χ1) is 16.0. The van der Waals surface area contributed by atoms with Gasteiger partial charge in [-0.25, -0.2) is 15.0 Å². The van der Waals surface area contributed by atoms with E-state index in [2.05, 4.69) is 31.5 Å². The summed E-state index contributed by atoms with van der Waals surface area (Å²) < 4.78 is 0.698. The van der Waals surface area contributed by atoms with Gasteiger partial charge in [-0.2, -0.15) is 0 Å². The van der Waals surface area contributed by atoms with Crippen molar-refractivity contribution < 1.29 is 4.79 Å². The van der Waals surface area contributed by atoms with Gasteiger partial charge in [0.2, 0.25) is 0 Å². The Morgan fingerprint density at radius 1 is 1.06 bits per heavy atom. The zero-order valence-corrected chi connectivity index (χ0v) is 18.4. The Bertz CT molecular complexity index is 1570. The molecule has 5 aromatic rings. The number of nitrogens with two attached hydrogens (primary N) is 1. The number of rotatable bonds is 4. The van der Waals surface area contributed by atoms with Gasteiger partial charge in [0.05, 0.1) is 21.5 Å². The predicted molar refractivity (Wildman–Crippen MR) is 134 cm³/mol. The largest absolute Gasteiger partial charge is 0.382 e. The second-order valence-electron chi connectivity index (χ2n) is 7.40. The summed E-state index contributed by atoms with van der Waals surface area (Å²) in [7, 11) is 0. The predicted octanol–water partition coefficient (Wildman–Crippen LogP) is 5.11. The van der Waals surface area contributed by atoms with Gasteiger partial charge >= 0.3 is 0 Å². The van der Waals surface area contributed by atoms with Gasteiger partial charge in [-0.3, -0.25) is 4.79 Å². The number of carbonyl (C=O) groups is 1. The number of benzene rings is 2. The van der Waals surface area contributed by atoms with Crippen LogP contribution in [0.1, 0.15) is 21.5 Å². The molecule has 0 bridgehead atoms. The molecular formula is C25H18N6OS. The third-order valence-corrected chi connectivity index (χ3v) is 6.32. The average Bonchev–Trinajstić information content (AvgIpc) is 3.27. The molecule has 0 aliphatic heterocycles. The first-order valence-electron chi connectivity index (χ1n) is 10.1. The van der Waals surface area contributed by atoms with Gasteiger partial charge < -0.3 is 16.4 Å². The molecule has 3 aromatic heterocycles. The van der Waals surface area contributed by atoms with Gasteiger partial charge in [0.25, 0.3) is 5.91 Å². The number of nitrogens with one attached hydrogen (secondary N) is 2. The van der Waals surface area contributed by atoms with Crippen LogP contribution in [0.5, 0.6) is 0 Å². The molecule has 5 rings (SSSR count). The van der Waals surface area contributed by atoms with Gasteiger partial charge in [-0.1, -0.05) is 18.1 Å². The van der Waals surface area contributed by atoms with Crippen molar-refractivity contribution in [2.75, 3.05) is 16.4 Å². The SMILES string of the molecule is C#Cc1ccc(Nc2nccc3c(NC(=O)c4csc5c(N)ncnc45)c(C)ccc23)cc1. The smallest absolute Gasteiger partial charge is 0.258 e. The Kier molecular flexibility index (Phi) is 5.09. The van der Waals surface area contributed by atoms with E-state index in [1.54, 1.807) is 11.6 Å². The number of terminal acetylenes is 1. The number of pyridine rings is 1. The topological polar surface area (TPSA) is 106 Å². The van der Waals surface area contributed by atoms with Crippen molar-refractivity contribution in [2.45, 2.75) is 6.92 Å². The first kappa shape index (κ1) is 20.4. The van der Waals surface area contributed by atoms with Crippen LogP contribution < -0.4 is 16.4 Å². The number of nitrogens with zero attached hydrogens (tertiary/aromatic N) is 3. The van der Waals surface area contributed by atoms with Crippen LogP contribution in [0.15, 0.2) is 60.4 Å². The molecule has 160 valence electrons. The van der Waals surface area contributed by atoms with Crippen LogP contribution in [-0.4, -0.2) is 20.9 Å². The minimum atomic E-state index is -0.258. The fraction of sp³-hybridized carbons (Fsp3) is 0.0400. The Hall–Kier alpha value is -4.48. The number of nitrogen functional groups attached to an aromatic ring is 1. The number of aryl methyl sites for hydroxylation is 1. The summed E-state index contributed by atoms with van der Waals surface area (Å²) in [4.78, 5) is 25.9. The summed E-state index contributed by atoms with van der Waals surface area (Å²) in [5, 5.41) is 9.89. The van der Waals surface area contributed by atoms with Crippen molar-refractivity contribution in [3.63, 3.8) is 0 Å². The molecule has 0 aliphatic rings. The van der Waals surface area contributed by atoms with Crippen LogP contribution in [-0.2, 0) is 0 Å². The number of amides is 1. The Labute approximate surface area is 193 Å². The minimum Gasteiger partial charge on any atom is -0.382 e. The number of fused-ring (bicyclic) bond motifs is 2. The lowest BCUT2D eigenvalue weighted by molar-refractivity contribution is 0.102. The lowest BCUT2D eigenvalue weighted by Crippen LogP contribution is -2.13. The van der Waals surface area contributed by atoms with E-state index in [9.17, 15) is 4.79 Å². The van der Waals surface area contributed by atoms with Crippen LogP contribution in [0.4, 0.5) is 23.0 Å². The van der Waals surface area contributed by atoms with Crippen molar-refractivity contribution in [1.29, 1.82) is 0 Å². The highest BCUT2D eigenvalue weighted by Crippen LogP contribution is 2.33. The highest BCUT2D eigenvalue weighted by molar-refractivity contribution is 7.18. The first-order valence-corrected chi connectivity index (χ1v) is 10.9.